The summed E-state index contributed by atoms with van der Waals surface area (Å²) in [4.78, 5) is 14.8. The minimum absolute atomic E-state index is 0.0766. The lowest BCUT2D eigenvalue weighted by atomic mass is 9.93. The van der Waals surface area contributed by atoms with E-state index in [0.717, 1.165) is 24.8 Å². The number of rotatable bonds is 3. The number of likely N-dealkylation sites (tertiary alicyclic amines) is 1. The molecule has 2 rings (SSSR count). The van der Waals surface area contributed by atoms with Gasteiger partial charge in [-0.25, -0.2) is 0 Å². The van der Waals surface area contributed by atoms with Crippen LogP contribution < -0.4 is 0 Å². The summed E-state index contributed by atoms with van der Waals surface area (Å²) in [5.74, 6) is 0.938. The second-order valence-corrected chi connectivity index (χ2v) is 5.91. The van der Waals surface area contributed by atoms with E-state index in [2.05, 4.69) is 27.7 Å². The van der Waals surface area contributed by atoms with Crippen LogP contribution in [0.25, 0.3) is 0 Å². The lowest BCUT2D eigenvalue weighted by molar-refractivity contribution is 0.0439. The molecule has 0 N–H and O–H groups in total. The molecule has 0 aromatic carbocycles. The average molecular weight is 263 g/mol. The number of amides is 1. The van der Waals surface area contributed by atoms with Crippen molar-refractivity contribution in [3.63, 3.8) is 0 Å². The molecular weight excluding hydrogens is 238 g/mol. The molecule has 2 heterocycles. The molecule has 1 aromatic heterocycles. The van der Waals surface area contributed by atoms with Crippen molar-refractivity contribution in [2.75, 3.05) is 0 Å². The molecular formula is C16H25NO2. The smallest absolute Gasteiger partial charge is 0.290 e. The van der Waals surface area contributed by atoms with Crippen molar-refractivity contribution in [2.45, 2.75) is 71.4 Å². The number of hydrogen-bond acceptors (Lipinski definition) is 2. The van der Waals surface area contributed by atoms with Crippen molar-refractivity contribution >= 4 is 5.91 Å². The monoisotopic (exact) mass is 263 g/mol. The van der Waals surface area contributed by atoms with Crippen LogP contribution in [0.4, 0.5) is 0 Å². The summed E-state index contributed by atoms with van der Waals surface area (Å²) >= 11 is 0. The second-order valence-electron chi connectivity index (χ2n) is 5.91. The normalized spacial score (nSPS) is 23.9. The van der Waals surface area contributed by atoms with Crippen LogP contribution in [0.15, 0.2) is 16.7 Å². The Bertz CT molecular complexity index is 436. The van der Waals surface area contributed by atoms with Crippen LogP contribution >= 0.6 is 0 Å². The van der Waals surface area contributed by atoms with Gasteiger partial charge in [-0.05, 0) is 44.6 Å². The van der Waals surface area contributed by atoms with Gasteiger partial charge in [-0.1, -0.05) is 20.8 Å². The highest BCUT2D eigenvalue weighted by Crippen LogP contribution is 2.29. The maximum absolute atomic E-state index is 12.8. The Kier molecular flexibility index (Phi) is 4.33. The Morgan fingerprint density at radius 2 is 2.21 bits per heavy atom. The molecule has 1 aliphatic heterocycles. The van der Waals surface area contributed by atoms with Crippen LogP contribution in [0.2, 0.25) is 0 Å². The van der Waals surface area contributed by atoms with Crippen LogP contribution in [0.1, 0.15) is 75.4 Å². The Labute approximate surface area is 116 Å². The summed E-state index contributed by atoms with van der Waals surface area (Å²) < 4.78 is 5.49. The van der Waals surface area contributed by atoms with Gasteiger partial charge in [0.1, 0.15) is 0 Å². The van der Waals surface area contributed by atoms with E-state index in [4.69, 9.17) is 4.42 Å². The van der Waals surface area contributed by atoms with Crippen molar-refractivity contribution in [3.05, 3.63) is 23.7 Å². The number of carbonyl (C=O) groups excluding carboxylic acids is 1. The lowest BCUT2D eigenvalue weighted by Gasteiger charge is -2.40. The maximum Gasteiger partial charge on any atom is 0.290 e. The third-order valence-corrected chi connectivity index (χ3v) is 4.25. The predicted octanol–water partition coefficient (Wildman–Crippen LogP) is 4.20. The van der Waals surface area contributed by atoms with Crippen molar-refractivity contribution in [1.82, 2.24) is 4.90 Å². The molecule has 1 aliphatic rings. The first-order valence-electron chi connectivity index (χ1n) is 7.46. The minimum atomic E-state index is 0.0766. The molecule has 19 heavy (non-hydrogen) atoms. The Balaban J connectivity index is 2.28. The Morgan fingerprint density at radius 1 is 1.47 bits per heavy atom. The summed E-state index contributed by atoms with van der Waals surface area (Å²) in [6.45, 7) is 8.50. The average Bonchev–Trinajstić information content (AvgIpc) is 2.87. The van der Waals surface area contributed by atoms with E-state index < -0.39 is 0 Å². The van der Waals surface area contributed by atoms with Gasteiger partial charge in [0.2, 0.25) is 0 Å². The fourth-order valence-electron chi connectivity index (χ4n) is 3.12. The molecule has 1 saturated heterocycles. The molecule has 0 radical (unpaired) electrons. The van der Waals surface area contributed by atoms with Gasteiger partial charge in [0.05, 0.1) is 6.26 Å². The second kappa shape index (κ2) is 5.81. The molecule has 106 valence electrons. The predicted molar refractivity (Wildman–Crippen MR) is 76.4 cm³/mol. The van der Waals surface area contributed by atoms with E-state index in [1.807, 2.05) is 11.0 Å². The van der Waals surface area contributed by atoms with Gasteiger partial charge in [0.25, 0.3) is 5.91 Å². The summed E-state index contributed by atoms with van der Waals surface area (Å²) in [5.41, 5.74) is 1.03. The Morgan fingerprint density at radius 3 is 2.84 bits per heavy atom. The number of hydrogen-bond donors (Lipinski definition) is 0. The highest BCUT2D eigenvalue weighted by atomic mass is 16.3. The first kappa shape index (κ1) is 14.2. The van der Waals surface area contributed by atoms with Gasteiger partial charge in [-0.2, -0.15) is 0 Å². The maximum atomic E-state index is 12.8. The van der Waals surface area contributed by atoms with Crippen LogP contribution in [0.3, 0.4) is 0 Å². The summed E-state index contributed by atoms with van der Waals surface area (Å²) in [6, 6.07) is 2.60. The molecule has 3 heteroatoms. The van der Waals surface area contributed by atoms with E-state index in [-0.39, 0.29) is 5.91 Å². The van der Waals surface area contributed by atoms with Crippen molar-refractivity contribution in [1.29, 1.82) is 0 Å². The van der Waals surface area contributed by atoms with Gasteiger partial charge in [-0.15, -0.1) is 0 Å². The highest BCUT2D eigenvalue weighted by Gasteiger charge is 2.33. The quantitative estimate of drug-likeness (QED) is 0.819. The van der Waals surface area contributed by atoms with E-state index in [9.17, 15) is 4.79 Å². The van der Waals surface area contributed by atoms with Crippen molar-refractivity contribution in [2.24, 2.45) is 0 Å². The first-order valence-corrected chi connectivity index (χ1v) is 7.46. The number of carbonyl (C=O) groups is 1. The van der Waals surface area contributed by atoms with E-state index in [0.29, 0.717) is 23.8 Å². The number of furan rings is 1. The van der Waals surface area contributed by atoms with E-state index in [1.54, 1.807) is 6.26 Å². The molecule has 1 amide bonds. The molecule has 1 aromatic rings. The van der Waals surface area contributed by atoms with Gasteiger partial charge in [-0.3, -0.25) is 4.79 Å². The molecule has 0 spiro atoms. The molecule has 1 fully saturated rings. The fourth-order valence-corrected chi connectivity index (χ4v) is 3.12. The number of nitrogens with zero attached hydrogens (tertiary/aromatic N) is 1. The van der Waals surface area contributed by atoms with Crippen LogP contribution in [-0.4, -0.2) is 22.9 Å². The molecule has 0 aliphatic carbocycles. The standard InChI is InChI=1S/C16H25NO2/c1-5-13-8-6-7-12(4)17(13)16(18)15-14(11(2)3)9-10-19-15/h9-13H,5-8H2,1-4H3/t12-,13+/m1/s1. The molecule has 2 atom stereocenters. The van der Waals surface area contributed by atoms with Crippen molar-refractivity contribution in [3.8, 4) is 0 Å². The minimum Gasteiger partial charge on any atom is -0.459 e. The molecule has 0 bridgehead atoms. The van der Waals surface area contributed by atoms with Gasteiger partial charge in [0.15, 0.2) is 5.76 Å². The lowest BCUT2D eigenvalue weighted by Crippen LogP contribution is -2.48. The van der Waals surface area contributed by atoms with Crippen molar-refractivity contribution < 1.29 is 9.21 Å². The number of piperidine rings is 1. The first-order chi connectivity index (χ1) is 9.06. The third-order valence-electron chi connectivity index (χ3n) is 4.25. The highest BCUT2D eigenvalue weighted by molar-refractivity contribution is 5.93. The van der Waals surface area contributed by atoms with Crippen LogP contribution in [0, 0.1) is 0 Å². The van der Waals surface area contributed by atoms with Crippen LogP contribution in [-0.2, 0) is 0 Å². The summed E-state index contributed by atoms with van der Waals surface area (Å²) in [5, 5.41) is 0. The molecule has 0 unspecified atom stereocenters. The molecule has 3 nitrogen and oxygen atoms in total. The molecule has 0 saturated carbocycles. The van der Waals surface area contributed by atoms with Gasteiger partial charge < -0.3 is 9.32 Å². The zero-order valence-electron chi connectivity index (χ0n) is 12.5. The Hall–Kier alpha value is -1.25. The van der Waals surface area contributed by atoms with E-state index in [1.165, 1.54) is 6.42 Å². The van der Waals surface area contributed by atoms with E-state index >= 15 is 0 Å². The fraction of sp³-hybridized carbons (Fsp3) is 0.688. The third kappa shape index (κ3) is 2.70. The largest absolute Gasteiger partial charge is 0.459 e. The summed E-state index contributed by atoms with van der Waals surface area (Å²) in [6.07, 6.45) is 6.09. The zero-order valence-corrected chi connectivity index (χ0v) is 12.5. The van der Waals surface area contributed by atoms with Crippen LogP contribution in [0.5, 0.6) is 0 Å². The summed E-state index contributed by atoms with van der Waals surface area (Å²) in [7, 11) is 0. The SMILES string of the molecule is CC[C@H]1CCC[C@@H](C)N1C(=O)c1occc1C(C)C. The zero-order chi connectivity index (χ0) is 14.0. The van der Waals surface area contributed by atoms with Gasteiger partial charge >= 0.3 is 0 Å². The van der Waals surface area contributed by atoms with Gasteiger partial charge in [0, 0.05) is 17.6 Å². The topological polar surface area (TPSA) is 33.5 Å².